The van der Waals surface area contributed by atoms with Crippen LogP contribution < -0.4 is 4.57 Å². The van der Waals surface area contributed by atoms with Gasteiger partial charge in [-0.15, -0.1) is 0 Å². The molecule has 1 rings (SSSR count). The molecule has 0 fully saturated rings. The van der Waals surface area contributed by atoms with Crippen LogP contribution in [-0.2, 0) is 13.0 Å². The lowest BCUT2D eigenvalue weighted by molar-refractivity contribution is -0.704. The first kappa shape index (κ1) is 19.6. The van der Waals surface area contributed by atoms with E-state index in [9.17, 15) is 0 Å². The summed E-state index contributed by atoms with van der Waals surface area (Å²) in [4.78, 5) is 0. The normalized spacial score (nSPS) is 9.90. The summed E-state index contributed by atoms with van der Waals surface area (Å²) in [6.45, 7) is 10.5. The van der Waals surface area contributed by atoms with E-state index in [1.807, 2.05) is 0 Å². The van der Waals surface area contributed by atoms with Crippen molar-refractivity contribution in [2.75, 3.05) is 0 Å². The maximum atomic E-state index is 6.25. The third kappa shape index (κ3) is 10.1. The van der Waals surface area contributed by atoms with Gasteiger partial charge in [-0.05, 0) is 12.8 Å². The monoisotopic (exact) mass is 288 g/mol. The lowest BCUT2D eigenvalue weighted by Crippen LogP contribution is -2.37. The Morgan fingerprint density at radius 2 is 1.48 bits per heavy atom. The number of aryl methyl sites for hydroxylation is 2. The summed E-state index contributed by atoms with van der Waals surface area (Å²) in [5, 5.41) is 6.25. The Morgan fingerprint density at radius 3 is 2.14 bits per heavy atom. The average Bonchev–Trinajstić information content (AvgIpc) is 2.55. The van der Waals surface area contributed by atoms with Crippen molar-refractivity contribution < 1.29 is 4.57 Å². The van der Waals surface area contributed by atoms with Gasteiger partial charge in [0.2, 0.25) is 0 Å². The molecule has 0 radical (unpaired) electrons. The van der Waals surface area contributed by atoms with Gasteiger partial charge in [0.25, 0.3) is 0 Å². The van der Waals surface area contributed by atoms with Crippen molar-refractivity contribution in [3.05, 3.63) is 36.7 Å². The Morgan fingerprint density at radius 1 is 0.857 bits per heavy atom. The Balaban J connectivity index is 0.00000191. The maximum Gasteiger partial charge on any atom is 0.181 e. The van der Waals surface area contributed by atoms with Crippen LogP contribution in [0.3, 0.4) is 0 Å². The topological polar surface area (TPSA) is 27.7 Å². The van der Waals surface area contributed by atoms with E-state index >= 15 is 0 Å². The van der Waals surface area contributed by atoms with E-state index in [1.54, 1.807) is 0 Å². The second kappa shape index (κ2) is 15.0. The molecular weight excluding hydrogens is 256 g/mol. The molecule has 0 aromatic carbocycles. The highest BCUT2D eigenvalue weighted by Gasteiger charge is 2.07. The van der Waals surface area contributed by atoms with Crippen LogP contribution in [0.15, 0.2) is 24.4 Å². The van der Waals surface area contributed by atoms with Gasteiger partial charge in [0.1, 0.15) is 6.54 Å². The molecule has 2 nitrogen and oxygen atoms in total. The van der Waals surface area contributed by atoms with Crippen LogP contribution in [0.2, 0.25) is 0 Å². The van der Waals surface area contributed by atoms with E-state index in [0.29, 0.717) is 0 Å². The van der Waals surface area contributed by atoms with E-state index < -0.39 is 0 Å². The molecule has 0 spiro atoms. The zero-order valence-electron chi connectivity index (χ0n) is 14.0. The minimum atomic E-state index is 1.20. The van der Waals surface area contributed by atoms with Gasteiger partial charge in [-0.25, -0.2) is 4.57 Å². The molecule has 0 atom stereocenters. The predicted molar refractivity (Wildman–Crippen MR) is 88.2 cm³/mol. The van der Waals surface area contributed by atoms with Crippen LogP contribution in [0.5, 0.6) is 0 Å². The van der Waals surface area contributed by atoms with Crippen molar-refractivity contribution >= 4 is 0 Å². The molecule has 0 saturated carbocycles. The molecule has 1 aromatic heterocycles. The number of pyridine rings is 1. The number of nitrogens with zero attached hydrogens (tertiary/aromatic N) is 2. The van der Waals surface area contributed by atoms with Gasteiger partial charge in [0, 0.05) is 25.0 Å². The Kier molecular flexibility index (Phi) is 14.1. The van der Waals surface area contributed by atoms with Crippen molar-refractivity contribution in [2.24, 2.45) is 0 Å². The fraction of sp³-hybridized carbons (Fsp3) is 0.684. The number of unbranched alkanes of at least 4 members (excludes halogenated alkanes) is 7. The molecule has 1 aromatic rings. The molecule has 118 valence electrons. The zero-order chi connectivity index (χ0) is 15.8. The molecule has 2 heteroatoms. The van der Waals surface area contributed by atoms with Crippen LogP contribution in [0.25, 0.3) is 0 Å². The highest BCUT2D eigenvalue weighted by molar-refractivity contribution is 4.97. The lowest BCUT2D eigenvalue weighted by Gasteiger charge is -2.04. The number of hydrogen-bond acceptors (Lipinski definition) is 1. The molecule has 0 amide bonds. The summed E-state index contributed by atoms with van der Waals surface area (Å²) in [7, 11) is 0. The van der Waals surface area contributed by atoms with Crippen molar-refractivity contribution in [1.29, 1.82) is 5.26 Å². The fourth-order valence-corrected chi connectivity index (χ4v) is 2.55. The van der Waals surface area contributed by atoms with Crippen LogP contribution in [0, 0.1) is 11.8 Å². The van der Waals surface area contributed by atoms with Gasteiger partial charge in [-0.1, -0.05) is 58.4 Å². The number of aromatic nitrogens is 1. The molecule has 1 heterocycles. The second-order valence-corrected chi connectivity index (χ2v) is 5.61. The van der Waals surface area contributed by atoms with Crippen LogP contribution in [0.4, 0.5) is 0 Å². The summed E-state index contributed by atoms with van der Waals surface area (Å²) in [5.41, 5.74) is 1.51. The van der Waals surface area contributed by atoms with Crippen molar-refractivity contribution in [3.63, 3.8) is 0 Å². The molecule has 0 aliphatic carbocycles. The Labute approximate surface area is 131 Å². The Hall–Kier alpha value is -1.36. The summed E-state index contributed by atoms with van der Waals surface area (Å²) in [5.74, 6) is 0. The third-order valence-corrected chi connectivity index (χ3v) is 3.82. The van der Waals surface area contributed by atoms with Gasteiger partial charge in [0.15, 0.2) is 11.9 Å². The molecule has 0 saturated heterocycles. The fourth-order valence-electron chi connectivity index (χ4n) is 2.55. The van der Waals surface area contributed by atoms with E-state index in [0.717, 1.165) is 0 Å². The van der Waals surface area contributed by atoms with Gasteiger partial charge >= 0.3 is 0 Å². The van der Waals surface area contributed by atoms with Crippen molar-refractivity contribution in [3.8, 4) is 0 Å². The quantitative estimate of drug-likeness (QED) is 0.314. The van der Waals surface area contributed by atoms with E-state index in [2.05, 4.69) is 42.8 Å². The molecule has 0 unspecified atom stereocenters. The highest BCUT2D eigenvalue weighted by atomic mass is 14.9. The molecule has 0 N–H and O–H groups in total. The Bertz CT molecular complexity index is 358. The predicted octanol–water partition coefficient (Wildman–Crippen LogP) is 5.16. The lowest BCUT2D eigenvalue weighted by atomic mass is 10.1. The van der Waals surface area contributed by atoms with E-state index in [4.69, 9.17) is 11.8 Å². The summed E-state index contributed by atoms with van der Waals surface area (Å²) >= 11 is 0. The van der Waals surface area contributed by atoms with Crippen molar-refractivity contribution in [1.82, 2.24) is 0 Å². The third-order valence-electron chi connectivity index (χ3n) is 3.82. The SMILES string of the molecule is CCCCCCCCC[n+]1ccccc1CCCC.[C-]#N. The summed E-state index contributed by atoms with van der Waals surface area (Å²) < 4.78 is 2.46. The largest absolute Gasteiger partial charge is 0.512 e. The molecule has 21 heavy (non-hydrogen) atoms. The molecule has 0 bridgehead atoms. The zero-order valence-corrected chi connectivity index (χ0v) is 14.0. The maximum absolute atomic E-state index is 6.25. The van der Waals surface area contributed by atoms with Gasteiger partial charge in [0.05, 0.1) is 0 Å². The van der Waals surface area contributed by atoms with Gasteiger partial charge in [-0.3, -0.25) is 0 Å². The summed E-state index contributed by atoms with van der Waals surface area (Å²) in [6.07, 6.45) is 15.8. The second-order valence-electron chi connectivity index (χ2n) is 5.61. The summed E-state index contributed by atoms with van der Waals surface area (Å²) in [6, 6.07) is 6.62. The molecular formula is C19H32N2. The van der Waals surface area contributed by atoms with Gasteiger partial charge < -0.3 is 11.8 Å². The van der Waals surface area contributed by atoms with Crippen molar-refractivity contribution in [2.45, 2.75) is 84.6 Å². The smallest absolute Gasteiger partial charge is 0.181 e. The first-order valence-corrected chi connectivity index (χ1v) is 8.58. The number of rotatable bonds is 11. The van der Waals surface area contributed by atoms with E-state index in [1.165, 1.54) is 76.4 Å². The van der Waals surface area contributed by atoms with Crippen LogP contribution in [0.1, 0.15) is 77.3 Å². The minimum Gasteiger partial charge on any atom is -0.512 e. The minimum absolute atomic E-state index is 1.20. The van der Waals surface area contributed by atoms with Crippen LogP contribution >= 0.6 is 0 Å². The first-order chi connectivity index (χ1) is 10.4. The standard InChI is InChI=1S/C18H32N.CN/c1-3-5-7-8-9-10-12-16-19-17-13-11-15-18(19)14-6-4-2;1-2/h11,13,15,17H,3-10,12,14,16H2,1-2H3;/q+1;-1. The van der Waals surface area contributed by atoms with E-state index in [-0.39, 0.29) is 0 Å². The first-order valence-electron chi connectivity index (χ1n) is 8.58. The highest BCUT2D eigenvalue weighted by Crippen LogP contribution is 2.07. The average molecular weight is 288 g/mol. The van der Waals surface area contributed by atoms with Crippen LogP contribution in [-0.4, -0.2) is 0 Å². The molecule has 0 aliphatic rings. The van der Waals surface area contributed by atoms with Gasteiger partial charge in [-0.2, -0.15) is 0 Å². The number of hydrogen-bond donors (Lipinski definition) is 0. The molecule has 0 aliphatic heterocycles.